The Kier molecular flexibility index (Phi) is 7.41. The van der Waals surface area contributed by atoms with Crippen molar-refractivity contribution < 1.29 is 9.53 Å². The average Bonchev–Trinajstić information content (AvgIpc) is 3.19. The van der Waals surface area contributed by atoms with Crippen molar-refractivity contribution in [1.82, 2.24) is 19.8 Å². The third-order valence-corrected chi connectivity index (χ3v) is 7.84. The number of para-hydroxylation sites is 1. The second kappa shape index (κ2) is 10.9. The highest BCUT2D eigenvalue weighted by molar-refractivity contribution is 5.87. The van der Waals surface area contributed by atoms with E-state index in [1.165, 1.54) is 29.3 Å². The number of fused-ring (bicyclic) bond motifs is 1. The summed E-state index contributed by atoms with van der Waals surface area (Å²) in [4.78, 5) is 31.0. The molecule has 0 saturated carbocycles. The van der Waals surface area contributed by atoms with E-state index in [1.54, 1.807) is 0 Å². The van der Waals surface area contributed by atoms with Gasteiger partial charge < -0.3 is 24.3 Å². The maximum atomic E-state index is 12.1. The van der Waals surface area contributed by atoms with E-state index in [2.05, 4.69) is 59.5 Å². The third kappa shape index (κ3) is 5.19. The fraction of sp³-hybridized carbons (Fsp3) is 0.536. The molecule has 3 aliphatic heterocycles. The first-order chi connectivity index (χ1) is 17.5. The van der Waals surface area contributed by atoms with Crippen molar-refractivity contribution >= 4 is 17.4 Å². The van der Waals surface area contributed by atoms with Crippen molar-refractivity contribution in [2.75, 3.05) is 62.7 Å². The second-order valence-electron chi connectivity index (χ2n) is 10.2. The number of aryl methyl sites for hydroxylation is 1. The van der Waals surface area contributed by atoms with Gasteiger partial charge in [0.05, 0.1) is 12.2 Å². The summed E-state index contributed by atoms with van der Waals surface area (Å²) in [7, 11) is 2.16. The molecule has 2 saturated heterocycles. The van der Waals surface area contributed by atoms with Gasteiger partial charge in [0.15, 0.2) is 0 Å². The predicted octanol–water partition coefficient (Wildman–Crippen LogP) is 3.05. The molecule has 8 nitrogen and oxygen atoms in total. The maximum absolute atomic E-state index is 12.1. The summed E-state index contributed by atoms with van der Waals surface area (Å²) in [6.07, 6.45) is 5.73. The molecule has 0 radical (unpaired) electrons. The minimum atomic E-state index is -0.00487. The normalized spacial score (nSPS) is 20.7. The standard InChI is InChI=1S/C28H38N6O2/c1-4-26(35)32-15-17-33(18-16-32)27-23-11-8-14-34(25-12-6-5-9-21(25)2)19-24(23)29-28(30-27)36-20-22-10-7-13-31(22)3/h4-6,9,12,22H,1,7-8,10-11,13-20H2,2-3H3/t22-/m0/s1. The van der Waals surface area contributed by atoms with E-state index in [0.29, 0.717) is 31.7 Å². The Bertz CT molecular complexity index is 1100. The van der Waals surface area contributed by atoms with Crippen LogP contribution in [-0.4, -0.2) is 84.6 Å². The Morgan fingerprint density at radius 1 is 1.08 bits per heavy atom. The zero-order valence-corrected chi connectivity index (χ0v) is 21.7. The molecule has 0 aliphatic carbocycles. The molecule has 1 aromatic heterocycles. The maximum Gasteiger partial charge on any atom is 0.318 e. The van der Waals surface area contributed by atoms with E-state index in [-0.39, 0.29) is 5.91 Å². The van der Waals surface area contributed by atoms with Crippen LogP contribution < -0.4 is 14.5 Å². The minimum Gasteiger partial charge on any atom is -0.462 e. The summed E-state index contributed by atoms with van der Waals surface area (Å²) in [6, 6.07) is 9.45. The molecule has 2 aromatic rings. The molecular formula is C28H38N6O2. The molecular weight excluding hydrogens is 452 g/mol. The van der Waals surface area contributed by atoms with Gasteiger partial charge in [-0.2, -0.15) is 9.97 Å². The van der Waals surface area contributed by atoms with Crippen molar-refractivity contribution in [3.63, 3.8) is 0 Å². The summed E-state index contributed by atoms with van der Waals surface area (Å²) in [5, 5.41) is 0. The molecule has 0 unspecified atom stereocenters. The Hall–Kier alpha value is -3.13. The van der Waals surface area contributed by atoms with Gasteiger partial charge in [-0.1, -0.05) is 24.8 Å². The first kappa shape index (κ1) is 24.6. The van der Waals surface area contributed by atoms with Gasteiger partial charge in [0.2, 0.25) is 5.91 Å². The number of piperazine rings is 1. The summed E-state index contributed by atoms with van der Waals surface area (Å²) in [5.74, 6) is 0.974. The molecule has 5 rings (SSSR count). The van der Waals surface area contributed by atoms with E-state index in [1.807, 2.05) is 4.90 Å². The lowest BCUT2D eigenvalue weighted by Crippen LogP contribution is -2.49. The van der Waals surface area contributed by atoms with E-state index in [4.69, 9.17) is 14.7 Å². The van der Waals surface area contributed by atoms with E-state index >= 15 is 0 Å². The lowest BCUT2D eigenvalue weighted by Gasteiger charge is -2.36. The van der Waals surface area contributed by atoms with Gasteiger partial charge in [0.25, 0.3) is 0 Å². The number of likely N-dealkylation sites (N-methyl/N-ethyl adjacent to an activating group) is 1. The Morgan fingerprint density at radius 3 is 2.61 bits per heavy atom. The van der Waals surface area contributed by atoms with Crippen LogP contribution in [0.1, 0.15) is 36.1 Å². The van der Waals surface area contributed by atoms with Crippen LogP contribution in [0.5, 0.6) is 6.01 Å². The van der Waals surface area contributed by atoms with Crippen LogP contribution in [0.15, 0.2) is 36.9 Å². The van der Waals surface area contributed by atoms with Gasteiger partial charge in [-0.3, -0.25) is 4.79 Å². The molecule has 192 valence electrons. The lowest BCUT2D eigenvalue weighted by atomic mass is 10.1. The van der Waals surface area contributed by atoms with Gasteiger partial charge in [0.1, 0.15) is 12.4 Å². The number of anilines is 2. The van der Waals surface area contributed by atoms with Gasteiger partial charge >= 0.3 is 6.01 Å². The van der Waals surface area contributed by atoms with Crippen LogP contribution in [0, 0.1) is 6.92 Å². The molecule has 4 heterocycles. The van der Waals surface area contributed by atoms with Gasteiger partial charge in [-0.25, -0.2) is 0 Å². The monoisotopic (exact) mass is 490 g/mol. The van der Waals surface area contributed by atoms with Crippen molar-refractivity contribution in [2.45, 2.75) is 45.2 Å². The quantitative estimate of drug-likeness (QED) is 0.577. The van der Waals surface area contributed by atoms with E-state index in [9.17, 15) is 4.79 Å². The molecule has 1 aromatic carbocycles. The number of likely N-dealkylation sites (tertiary alicyclic amines) is 1. The first-order valence-corrected chi connectivity index (χ1v) is 13.2. The number of nitrogens with zero attached hydrogens (tertiary/aromatic N) is 6. The number of carbonyl (C=O) groups is 1. The summed E-state index contributed by atoms with van der Waals surface area (Å²) >= 11 is 0. The van der Waals surface area contributed by atoms with Gasteiger partial charge in [-0.05, 0) is 63.9 Å². The number of aromatic nitrogens is 2. The van der Waals surface area contributed by atoms with Gasteiger partial charge in [0, 0.05) is 50.0 Å². The zero-order valence-electron chi connectivity index (χ0n) is 21.7. The van der Waals surface area contributed by atoms with Crippen molar-refractivity contribution in [3.8, 4) is 6.01 Å². The molecule has 3 aliphatic rings. The average molecular weight is 491 g/mol. The van der Waals surface area contributed by atoms with Crippen molar-refractivity contribution in [3.05, 3.63) is 53.7 Å². The number of amides is 1. The molecule has 1 atom stereocenters. The highest BCUT2D eigenvalue weighted by Crippen LogP contribution is 2.32. The van der Waals surface area contributed by atoms with Crippen molar-refractivity contribution in [2.24, 2.45) is 0 Å². The Morgan fingerprint density at radius 2 is 1.89 bits per heavy atom. The molecule has 0 spiro atoms. The minimum absolute atomic E-state index is 0.00487. The van der Waals surface area contributed by atoms with Crippen LogP contribution in [0.2, 0.25) is 0 Å². The number of benzene rings is 1. The van der Waals surface area contributed by atoms with E-state index < -0.39 is 0 Å². The molecule has 36 heavy (non-hydrogen) atoms. The molecule has 8 heteroatoms. The van der Waals surface area contributed by atoms with Crippen LogP contribution in [0.25, 0.3) is 0 Å². The van der Waals surface area contributed by atoms with E-state index in [0.717, 1.165) is 63.5 Å². The summed E-state index contributed by atoms with van der Waals surface area (Å²) in [5.41, 5.74) is 4.82. The van der Waals surface area contributed by atoms with Crippen LogP contribution >= 0.6 is 0 Å². The molecule has 2 fully saturated rings. The summed E-state index contributed by atoms with van der Waals surface area (Å²) < 4.78 is 6.25. The summed E-state index contributed by atoms with van der Waals surface area (Å²) in [6.45, 7) is 12.1. The third-order valence-electron chi connectivity index (χ3n) is 7.84. The fourth-order valence-corrected chi connectivity index (χ4v) is 5.67. The number of carbonyl (C=O) groups excluding carboxylic acids is 1. The Labute approximate surface area is 214 Å². The zero-order chi connectivity index (χ0) is 25.1. The topological polar surface area (TPSA) is 65.0 Å². The predicted molar refractivity (Wildman–Crippen MR) is 143 cm³/mol. The first-order valence-electron chi connectivity index (χ1n) is 13.2. The van der Waals surface area contributed by atoms with Crippen molar-refractivity contribution in [1.29, 1.82) is 0 Å². The van der Waals surface area contributed by atoms with Gasteiger partial charge in [-0.15, -0.1) is 0 Å². The van der Waals surface area contributed by atoms with Crippen LogP contribution in [0.4, 0.5) is 11.5 Å². The fourth-order valence-electron chi connectivity index (χ4n) is 5.67. The number of hydrogen-bond donors (Lipinski definition) is 0. The number of hydrogen-bond acceptors (Lipinski definition) is 7. The smallest absolute Gasteiger partial charge is 0.318 e. The SMILES string of the molecule is C=CC(=O)N1CCN(c2nc(OC[C@@H]3CCCN3C)nc3c2CCCN(c2ccccc2C)C3)CC1. The Balaban J connectivity index is 1.43. The lowest BCUT2D eigenvalue weighted by molar-refractivity contribution is -0.126. The largest absolute Gasteiger partial charge is 0.462 e. The highest BCUT2D eigenvalue weighted by Gasteiger charge is 2.28. The molecule has 0 N–H and O–H groups in total. The molecule has 1 amide bonds. The second-order valence-corrected chi connectivity index (χ2v) is 10.2. The van der Waals surface area contributed by atoms with Crippen LogP contribution in [0.3, 0.4) is 0 Å². The van der Waals surface area contributed by atoms with Crippen LogP contribution in [-0.2, 0) is 17.8 Å². The number of ether oxygens (including phenoxy) is 1. The number of rotatable bonds is 6. The molecule has 0 bridgehead atoms. The highest BCUT2D eigenvalue weighted by atomic mass is 16.5.